The van der Waals surface area contributed by atoms with E-state index in [9.17, 15) is 14.4 Å². The molecule has 3 N–H and O–H groups in total. The predicted octanol–water partition coefficient (Wildman–Crippen LogP) is 7.65. The van der Waals surface area contributed by atoms with Crippen LogP contribution in [0.2, 0.25) is 5.02 Å². The molecule has 44 heavy (non-hydrogen) atoms. The molecule has 11 heteroatoms. The molecule has 0 saturated heterocycles. The van der Waals surface area contributed by atoms with E-state index < -0.39 is 17.1 Å². The number of methoxy groups -OCH3 is 2. The van der Waals surface area contributed by atoms with E-state index in [4.69, 9.17) is 21.1 Å². The van der Waals surface area contributed by atoms with Gasteiger partial charge in [0.05, 0.1) is 30.2 Å². The van der Waals surface area contributed by atoms with Gasteiger partial charge in [0.2, 0.25) is 5.91 Å². The van der Waals surface area contributed by atoms with E-state index in [0.717, 1.165) is 14.9 Å². The predicted molar refractivity (Wildman–Crippen MR) is 180 cm³/mol. The van der Waals surface area contributed by atoms with E-state index in [2.05, 4.69) is 31.9 Å². The highest BCUT2D eigenvalue weighted by Gasteiger charge is 2.19. The van der Waals surface area contributed by atoms with Gasteiger partial charge in [-0.3, -0.25) is 14.4 Å². The fourth-order valence-corrected chi connectivity index (χ4v) is 5.58. The van der Waals surface area contributed by atoms with Crippen LogP contribution in [0.15, 0.2) is 106 Å². The van der Waals surface area contributed by atoms with Crippen molar-refractivity contribution in [1.29, 1.82) is 0 Å². The van der Waals surface area contributed by atoms with Gasteiger partial charge in [0, 0.05) is 26.7 Å². The third-order valence-corrected chi connectivity index (χ3v) is 8.08. The van der Waals surface area contributed by atoms with Crippen molar-refractivity contribution in [2.75, 3.05) is 24.9 Å². The maximum absolute atomic E-state index is 13.4. The van der Waals surface area contributed by atoms with Gasteiger partial charge in [-0.25, -0.2) is 0 Å². The van der Waals surface area contributed by atoms with Crippen molar-refractivity contribution in [2.24, 2.45) is 0 Å². The van der Waals surface area contributed by atoms with Gasteiger partial charge in [0.1, 0.15) is 17.2 Å². The van der Waals surface area contributed by atoms with Crippen molar-refractivity contribution in [3.63, 3.8) is 0 Å². The normalized spacial score (nSPS) is 11.7. The van der Waals surface area contributed by atoms with Crippen molar-refractivity contribution in [3.8, 4) is 11.5 Å². The van der Waals surface area contributed by atoms with E-state index in [1.54, 1.807) is 67.6 Å². The van der Waals surface area contributed by atoms with Crippen molar-refractivity contribution in [3.05, 3.63) is 117 Å². The van der Waals surface area contributed by atoms with Gasteiger partial charge < -0.3 is 25.4 Å². The molecular formula is C33H29BrClN3O5S. The van der Waals surface area contributed by atoms with Crippen LogP contribution in [0.25, 0.3) is 6.08 Å². The molecule has 3 amide bonds. The Bertz CT molecular complexity index is 1700. The van der Waals surface area contributed by atoms with Crippen molar-refractivity contribution >= 4 is 74.5 Å². The first-order valence-electron chi connectivity index (χ1n) is 13.3. The minimum absolute atomic E-state index is 0.0647. The molecule has 0 fully saturated rings. The van der Waals surface area contributed by atoms with Crippen LogP contribution in [0.4, 0.5) is 11.4 Å². The smallest absolute Gasteiger partial charge is 0.272 e. The van der Waals surface area contributed by atoms with Gasteiger partial charge in [-0.15, -0.1) is 11.8 Å². The summed E-state index contributed by atoms with van der Waals surface area (Å²) in [6.07, 6.45) is 1.60. The monoisotopic (exact) mass is 693 g/mol. The highest BCUT2D eigenvalue weighted by molar-refractivity contribution is 9.10. The zero-order valence-corrected chi connectivity index (χ0v) is 27.2. The highest BCUT2D eigenvalue weighted by Crippen LogP contribution is 2.36. The maximum Gasteiger partial charge on any atom is 0.272 e. The molecule has 8 nitrogen and oxygen atoms in total. The lowest BCUT2D eigenvalue weighted by atomic mass is 10.1. The molecule has 0 radical (unpaired) electrons. The fourth-order valence-electron chi connectivity index (χ4n) is 4.00. The van der Waals surface area contributed by atoms with Crippen LogP contribution >= 0.6 is 39.3 Å². The van der Waals surface area contributed by atoms with Gasteiger partial charge in [0.15, 0.2) is 0 Å². The molecule has 0 aliphatic carbocycles. The summed E-state index contributed by atoms with van der Waals surface area (Å²) >= 11 is 11.0. The largest absolute Gasteiger partial charge is 0.495 e. The number of rotatable bonds is 11. The number of benzene rings is 4. The van der Waals surface area contributed by atoms with Crippen LogP contribution in [0, 0.1) is 0 Å². The second kappa shape index (κ2) is 15.5. The standard InChI is InChI=1S/C33H29BrClN3O5S/c1-20(31(39)37-27-18-26(35)29(42-2)19-30(27)43-3)44-25-14-8-13-24(17-25)36-33(41)28(16-21-9-7-12-23(34)15-21)38-32(40)22-10-5-4-6-11-22/h4-20H,1-3H3,(H,36,41)(H,37,39)(H,38,40)/b28-16+. The molecule has 0 heterocycles. The second-order valence-electron chi connectivity index (χ2n) is 9.35. The lowest BCUT2D eigenvalue weighted by molar-refractivity contribution is -0.115. The van der Waals surface area contributed by atoms with Crippen LogP contribution in [-0.2, 0) is 9.59 Å². The van der Waals surface area contributed by atoms with Crippen molar-refractivity contribution < 1.29 is 23.9 Å². The molecule has 226 valence electrons. The molecule has 0 bridgehead atoms. The summed E-state index contributed by atoms with van der Waals surface area (Å²) in [6, 6.07) is 26.3. The maximum atomic E-state index is 13.4. The quantitative estimate of drug-likeness (QED) is 0.110. The lowest BCUT2D eigenvalue weighted by Crippen LogP contribution is -2.30. The number of hydrogen-bond acceptors (Lipinski definition) is 6. The Labute approximate surface area is 273 Å². The number of amides is 3. The number of halogens is 2. The molecular weight excluding hydrogens is 666 g/mol. The van der Waals surface area contributed by atoms with E-state index >= 15 is 0 Å². The third kappa shape index (κ3) is 8.89. The lowest BCUT2D eigenvalue weighted by Gasteiger charge is -2.16. The molecule has 1 atom stereocenters. The topological polar surface area (TPSA) is 106 Å². The number of thioether (sulfide) groups is 1. The first kappa shape index (κ1) is 32.7. The minimum atomic E-state index is -0.510. The summed E-state index contributed by atoms with van der Waals surface area (Å²) in [4.78, 5) is 40.1. The van der Waals surface area contributed by atoms with Gasteiger partial charge >= 0.3 is 0 Å². The molecule has 4 aromatic carbocycles. The Morgan fingerprint density at radius 2 is 1.59 bits per heavy atom. The van der Waals surface area contributed by atoms with Gasteiger partial charge in [-0.2, -0.15) is 0 Å². The Hall–Kier alpha value is -4.25. The summed E-state index contributed by atoms with van der Waals surface area (Å²) in [5.41, 5.74) is 2.11. The molecule has 0 saturated carbocycles. The minimum Gasteiger partial charge on any atom is -0.495 e. The van der Waals surface area contributed by atoms with Gasteiger partial charge in [-0.1, -0.05) is 63.9 Å². The molecule has 1 unspecified atom stereocenters. The summed E-state index contributed by atoms with van der Waals surface area (Å²) in [6.45, 7) is 1.76. The zero-order valence-electron chi connectivity index (χ0n) is 24.0. The van der Waals surface area contributed by atoms with Crippen LogP contribution in [0.1, 0.15) is 22.8 Å². The molecule has 0 aromatic heterocycles. The average molecular weight is 695 g/mol. The highest BCUT2D eigenvalue weighted by atomic mass is 79.9. The van der Waals surface area contributed by atoms with Crippen LogP contribution < -0.4 is 25.4 Å². The summed E-state index contributed by atoms with van der Waals surface area (Å²) in [5, 5.41) is 8.27. The third-order valence-electron chi connectivity index (χ3n) is 6.19. The van der Waals surface area contributed by atoms with E-state index in [1.165, 1.54) is 26.0 Å². The first-order valence-corrected chi connectivity index (χ1v) is 15.4. The molecule has 0 aliphatic rings. The van der Waals surface area contributed by atoms with Crippen molar-refractivity contribution in [2.45, 2.75) is 17.1 Å². The Balaban J connectivity index is 1.48. The average Bonchev–Trinajstić information content (AvgIpc) is 3.01. The fraction of sp³-hybridized carbons (Fsp3) is 0.121. The SMILES string of the molecule is COc1cc(OC)c(NC(=O)C(C)Sc2cccc(NC(=O)/C(=C\c3cccc(Br)c3)NC(=O)c3ccccc3)c2)cc1Cl. The number of hydrogen-bond donors (Lipinski definition) is 3. The van der Waals surface area contributed by atoms with Gasteiger partial charge in [0.25, 0.3) is 11.8 Å². The number of carbonyl (C=O) groups excluding carboxylic acids is 3. The van der Waals surface area contributed by atoms with Crippen LogP contribution in [-0.4, -0.2) is 37.2 Å². The number of carbonyl (C=O) groups is 3. The molecule has 4 rings (SSSR count). The van der Waals surface area contributed by atoms with Gasteiger partial charge in [-0.05, 0) is 67.1 Å². The molecule has 0 aliphatic heterocycles. The van der Waals surface area contributed by atoms with E-state index in [1.807, 2.05) is 36.4 Å². The first-order chi connectivity index (χ1) is 21.2. The van der Waals surface area contributed by atoms with Crippen molar-refractivity contribution in [1.82, 2.24) is 5.32 Å². The summed E-state index contributed by atoms with van der Waals surface area (Å²) < 4.78 is 11.4. The number of ether oxygens (including phenoxy) is 2. The molecule has 0 spiro atoms. The van der Waals surface area contributed by atoms with Crippen LogP contribution in [0.3, 0.4) is 0 Å². The Kier molecular flexibility index (Phi) is 11.5. The zero-order chi connectivity index (χ0) is 31.6. The van der Waals surface area contributed by atoms with Crippen LogP contribution in [0.5, 0.6) is 11.5 Å². The number of anilines is 2. The Morgan fingerprint density at radius 3 is 2.30 bits per heavy atom. The summed E-state index contributed by atoms with van der Waals surface area (Å²) in [7, 11) is 2.98. The molecule has 4 aromatic rings. The Morgan fingerprint density at radius 1 is 0.864 bits per heavy atom. The summed E-state index contributed by atoms with van der Waals surface area (Å²) in [5.74, 6) is -0.358. The van der Waals surface area contributed by atoms with E-state index in [-0.39, 0.29) is 11.6 Å². The van der Waals surface area contributed by atoms with E-state index in [0.29, 0.717) is 33.5 Å². The second-order valence-corrected chi connectivity index (χ2v) is 12.1. The number of nitrogens with one attached hydrogen (secondary N) is 3.